The number of nitrogens with zero attached hydrogens (tertiary/aromatic N) is 1. The van der Waals surface area contributed by atoms with Crippen LogP contribution in [0.25, 0.3) is 0 Å². The predicted octanol–water partition coefficient (Wildman–Crippen LogP) is 4.60. The maximum Gasteiger partial charge on any atom is 0.161 e. The summed E-state index contributed by atoms with van der Waals surface area (Å²) >= 11 is 13.9. The van der Waals surface area contributed by atoms with Gasteiger partial charge >= 0.3 is 0 Å². The van der Waals surface area contributed by atoms with E-state index in [2.05, 4.69) is 24.2 Å². The van der Waals surface area contributed by atoms with E-state index >= 15 is 0 Å². The van der Waals surface area contributed by atoms with Gasteiger partial charge in [-0.15, -0.1) is 0 Å². The van der Waals surface area contributed by atoms with Gasteiger partial charge < -0.3 is 5.32 Å². The summed E-state index contributed by atoms with van der Waals surface area (Å²) in [6.07, 6.45) is 0. The number of halogens is 2. The van der Waals surface area contributed by atoms with Crippen molar-refractivity contribution >= 4 is 45.8 Å². The van der Waals surface area contributed by atoms with E-state index in [4.69, 9.17) is 23.2 Å². The highest BCUT2D eigenvalue weighted by atomic mass is 35.5. The molecule has 1 N–H and O–H groups in total. The van der Waals surface area contributed by atoms with E-state index in [0.29, 0.717) is 10.0 Å². The molecule has 92 valence electrons. The minimum atomic E-state index is -0.00598. The summed E-state index contributed by atoms with van der Waals surface area (Å²) in [5.74, 6) is 0.979. The average Bonchev–Trinajstić information content (AvgIpc) is 2.54. The lowest BCUT2D eigenvalue weighted by Gasteiger charge is -2.10. The maximum atomic E-state index is 6.17. The second kappa shape index (κ2) is 4.71. The molecule has 0 atom stereocenters. The Morgan fingerprint density at radius 3 is 2.59 bits per heavy atom. The predicted molar refractivity (Wildman–Crippen MR) is 78.8 cm³/mol. The van der Waals surface area contributed by atoms with Crippen LogP contribution < -0.4 is 5.32 Å². The Kier molecular flexibility index (Phi) is 3.62. The van der Waals surface area contributed by atoms with Crippen LogP contribution >= 0.6 is 35.0 Å². The zero-order chi connectivity index (χ0) is 12.6. The summed E-state index contributed by atoms with van der Waals surface area (Å²) in [6, 6.07) is 3.70. The lowest BCUT2D eigenvalue weighted by Crippen LogP contribution is -2.15. The third-order valence-corrected chi connectivity index (χ3v) is 4.49. The molecule has 5 heteroatoms. The lowest BCUT2D eigenvalue weighted by atomic mass is 10.1. The first-order chi connectivity index (χ1) is 7.87. The van der Waals surface area contributed by atoms with Crippen LogP contribution in [0.3, 0.4) is 0 Å². The summed E-state index contributed by atoms with van der Waals surface area (Å²) in [5.41, 5.74) is 1.78. The molecule has 1 aliphatic heterocycles. The van der Waals surface area contributed by atoms with Crippen molar-refractivity contribution in [2.24, 2.45) is 4.99 Å². The summed E-state index contributed by atoms with van der Waals surface area (Å²) in [7, 11) is 0. The molecular weight excluding hydrogens is 275 g/mol. The number of aliphatic imine (C=N–C) groups is 1. The Morgan fingerprint density at radius 2 is 2.00 bits per heavy atom. The Labute approximate surface area is 116 Å². The van der Waals surface area contributed by atoms with Gasteiger partial charge in [-0.25, -0.2) is 0 Å². The van der Waals surface area contributed by atoms with Crippen LogP contribution in [0.2, 0.25) is 10.0 Å². The number of aryl methyl sites for hydroxylation is 1. The largest absolute Gasteiger partial charge is 0.334 e. The third kappa shape index (κ3) is 3.09. The van der Waals surface area contributed by atoms with Crippen molar-refractivity contribution in [1.82, 2.24) is 0 Å². The third-order valence-electron chi connectivity index (χ3n) is 2.46. The van der Waals surface area contributed by atoms with Crippen molar-refractivity contribution in [3.63, 3.8) is 0 Å². The fourth-order valence-electron chi connectivity index (χ4n) is 1.51. The van der Waals surface area contributed by atoms with E-state index in [1.807, 2.05) is 19.1 Å². The Bertz CT molecular complexity index is 484. The van der Waals surface area contributed by atoms with Crippen molar-refractivity contribution in [3.8, 4) is 0 Å². The minimum Gasteiger partial charge on any atom is -0.334 e. The number of hydrogen-bond donors (Lipinski definition) is 1. The molecule has 0 bridgehead atoms. The summed E-state index contributed by atoms with van der Waals surface area (Å²) in [5, 5.41) is 5.50. The molecule has 2 rings (SSSR count). The van der Waals surface area contributed by atoms with Crippen LogP contribution in [-0.4, -0.2) is 16.5 Å². The molecule has 0 radical (unpaired) electrons. The maximum absolute atomic E-state index is 6.17. The smallest absolute Gasteiger partial charge is 0.161 e. The number of thioether (sulfide) groups is 1. The van der Waals surface area contributed by atoms with E-state index < -0.39 is 0 Å². The van der Waals surface area contributed by atoms with Gasteiger partial charge in [0.05, 0.1) is 16.2 Å². The van der Waals surface area contributed by atoms with E-state index in [-0.39, 0.29) is 5.54 Å². The van der Waals surface area contributed by atoms with Crippen LogP contribution in [0.15, 0.2) is 17.1 Å². The molecule has 1 aromatic carbocycles. The lowest BCUT2D eigenvalue weighted by molar-refractivity contribution is 0.605. The highest BCUT2D eigenvalue weighted by Crippen LogP contribution is 2.32. The number of rotatable bonds is 1. The standard InChI is InChI=1S/C12H14Cl2N2S/c1-7-4-9(14)10(5-8(7)13)15-11-16-12(2,3)6-17-11/h4-5H,6H2,1-3H3,(H,15,16). The van der Waals surface area contributed by atoms with Gasteiger partial charge in [-0.3, -0.25) is 4.99 Å². The topological polar surface area (TPSA) is 24.4 Å². The summed E-state index contributed by atoms with van der Waals surface area (Å²) in [4.78, 5) is 4.58. The molecule has 1 heterocycles. The highest BCUT2D eigenvalue weighted by molar-refractivity contribution is 8.14. The number of amidine groups is 1. The van der Waals surface area contributed by atoms with Gasteiger partial charge in [0.1, 0.15) is 0 Å². The molecule has 0 fully saturated rings. The van der Waals surface area contributed by atoms with Gasteiger partial charge in [-0.1, -0.05) is 35.0 Å². The first-order valence-corrected chi connectivity index (χ1v) is 7.07. The van der Waals surface area contributed by atoms with Gasteiger partial charge in [0.25, 0.3) is 0 Å². The molecule has 1 aromatic rings. The quantitative estimate of drug-likeness (QED) is 0.817. The van der Waals surface area contributed by atoms with E-state index in [0.717, 1.165) is 22.2 Å². The van der Waals surface area contributed by atoms with Crippen LogP contribution in [0, 0.1) is 6.92 Å². The SMILES string of the molecule is Cc1cc(Cl)c(NC2=NC(C)(C)CS2)cc1Cl. The Balaban J connectivity index is 2.23. The average molecular weight is 289 g/mol. The monoisotopic (exact) mass is 288 g/mol. The Morgan fingerprint density at radius 1 is 1.29 bits per heavy atom. The molecule has 0 saturated heterocycles. The summed E-state index contributed by atoms with van der Waals surface area (Å²) < 4.78 is 0. The van der Waals surface area contributed by atoms with E-state index in [1.165, 1.54) is 0 Å². The molecule has 0 spiro atoms. The molecule has 0 saturated carbocycles. The van der Waals surface area contributed by atoms with Crippen molar-refractivity contribution < 1.29 is 0 Å². The van der Waals surface area contributed by atoms with Crippen molar-refractivity contribution in [3.05, 3.63) is 27.7 Å². The molecular formula is C12H14Cl2N2S. The number of anilines is 1. The zero-order valence-corrected chi connectivity index (χ0v) is 12.3. The van der Waals surface area contributed by atoms with Gasteiger partial charge in [0.15, 0.2) is 5.17 Å². The van der Waals surface area contributed by atoms with Crippen LogP contribution in [0.1, 0.15) is 19.4 Å². The molecule has 2 nitrogen and oxygen atoms in total. The second-order valence-corrected chi connectivity index (χ2v) is 6.50. The first-order valence-electron chi connectivity index (χ1n) is 5.33. The normalized spacial score (nSPS) is 18.1. The molecule has 1 aliphatic rings. The molecule has 0 aliphatic carbocycles. The molecule has 0 aromatic heterocycles. The fraction of sp³-hybridized carbons (Fsp3) is 0.417. The number of benzene rings is 1. The van der Waals surface area contributed by atoms with Gasteiger partial charge in [-0.2, -0.15) is 0 Å². The molecule has 0 unspecified atom stereocenters. The van der Waals surface area contributed by atoms with Crippen molar-refractivity contribution in [2.45, 2.75) is 26.3 Å². The van der Waals surface area contributed by atoms with Gasteiger partial charge in [0.2, 0.25) is 0 Å². The van der Waals surface area contributed by atoms with Crippen LogP contribution in [0.4, 0.5) is 5.69 Å². The van der Waals surface area contributed by atoms with Crippen molar-refractivity contribution in [2.75, 3.05) is 11.1 Å². The molecule has 17 heavy (non-hydrogen) atoms. The number of nitrogens with one attached hydrogen (secondary N) is 1. The second-order valence-electron chi connectivity index (χ2n) is 4.72. The van der Waals surface area contributed by atoms with Crippen LogP contribution in [0.5, 0.6) is 0 Å². The highest BCUT2D eigenvalue weighted by Gasteiger charge is 2.25. The minimum absolute atomic E-state index is 0.00598. The van der Waals surface area contributed by atoms with Gasteiger partial charge in [0, 0.05) is 10.8 Å². The Hall–Kier alpha value is -0.380. The zero-order valence-electron chi connectivity index (χ0n) is 9.97. The van der Waals surface area contributed by atoms with E-state index in [1.54, 1.807) is 11.8 Å². The number of hydrogen-bond acceptors (Lipinski definition) is 3. The summed E-state index contributed by atoms with van der Waals surface area (Å²) in [6.45, 7) is 6.15. The van der Waals surface area contributed by atoms with E-state index in [9.17, 15) is 0 Å². The fourth-order valence-corrected chi connectivity index (χ4v) is 2.98. The molecule has 0 amide bonds. The van der Waals surface area contributed by atoms with Crippen LogP contribution in [-0.2, 0) is 0 Å². The first kappa shape index (κ1) is 13.1. The van der Waals surface area contributed by atoms with Crippen molar-refractivity contribution in [1.29, 1.82) is 0 Å². The van der Waals surface area contributed by atoms with Gasteiger partial charge in [-0.05, 0) is 38.5 Å².